The summed E-state index contributed by atoms with van der Waals surface area (Å²) in [5, 5.41) is 6.20. The summed E-state index contributed by atoms with van der Waals surface area (Å²) in [6.07, 6.45) is 1.34. The van der Waals surface area contributed by atoms with Crippen molar-refractivity contribution in [3.8, 4) is 11.5 Å². The van der Waals surface area contributed by atoms with Crippen LogP contribution in [0.2, 0.25) is 5.02 Å². The Morgan fingerprint density at radius 2 is 2.10 bits per heavy atom. The van der Waals surface area contributed by atoms with Crippen molar-refractivity contribution in [1.82, 2.24) is 10.7 Å². The molecular formula is C13H16ClN3O4. The van der Waals surface area contributed by atoms with Crippen LogP contribution in [0.25, 0.3) is 0 Å². The molecule has 0 spiro atoms. The molecule has 0 aliphatic rings. The molecule has 0 aliphatic heterocycles. The Hall–Kier alpha value is -2.28. The molecule has 1 aromatic rings. The number of ether oxygens (including phenoxy) is 2. The van der Waals surface area contributed by atoms with Gasteiger partial charge in [0.05, 0.1) is 25.0 Å². The Labute approximate surface area is 127 Å². The van der Waals surface area contributed by atoms with Crippen molar-refractivity contribution in [3.63, 3.8) is 0 Å². The van der Waals surface area contributed by atoms with Crippen LogP contribution in [0.4, 0.5) is 0 Å². The number of rotatable bonds is 5. The van der Waals surface area contributed by atoms with Crippen LogP contribution in [0, 0.1) is 0 Å². The minimum absolute atomic E-state index is 0.357. The number of methoxy groups -OCH3 is 1. The number of hydrazone groups is 1. The van der Waals surface area contributed by atoms with E-state index in [1.54, 1.807) is 12.1 Å². The lowest BCUT2D eigenvalue weighted by atomic mass is 10.2. The molecule has 0 heterocycles. The lowest BCUT2D eigenvalue weighted by Gasteiger charge is -2.11. The molecule has 8 heteroatoms. The van der Waals surface area contributed by atoms with E-state index in [9.17, 15) is 9.59 Å². The molecule has 2 N–H and O–H groups in total. The van der Waals surface area contributed by atoms with Gasteiger partial charge in [0.15, 0.2) is 11.5 Å². The lowest BCUT2D eigenvalue weighted by Crippen LogP contribution is -2.35. The van der Waals surface area contributed by atoms with Crippen LogP contribution in [-0.4, -0.2) is 38.8 Å². The Bertz CT molecular complexity index is 561. The molecule has 0 aromatic heterocycles. The molecule has 0 saturated carbocycles. The first-order chi connectivity index (χ1) is 10.0. The average Bonchev–Trinajstić information content (AvgIpc) is 2.48. The van der Waals surface area contributed by atoms with Crippen LogP contribution in [0.5, 0.6) is 11.5 Å². The first kappa shape index (κ1) is 16.8. The molecule has 0 bridgehead atoms. The summed E-state index contributed by atoms with van der Waals surface area (Å²) in [6, 6.07) is 3.25. The molecule has 0 saturated heterocycles. The van der Waals surface area contributed by atoms with Gasteiger partial charge in [-0.25, -0.2) is 5.43 Å². The molecule has 1 rings (SSSR count). The first-order valence-corrected chi connectivity index (χ1v) is 6.46. The van der Waals surface area contributed by atoms with E-state index < -0.39 is 11.8 Å². The third-order valence-corrected chi connectivity index (χ3v) is 2.63. The SMILES string of the molecule is CCOc1c(Cl)cc(/C=N\NC(=O)C(=O)NC)cc1OC. The first-order valence-electron chi connectivity index (χ1n) is 6.08. The van der Waals surface area contributed by atoms with E-state index in [1.807, 2.05) is 6.92 Å². The molecule has 21 heavy (non-hydrogen) atoms. The molecule has 0 fully saturated rings. The van der Waals surface area contributed by atoms with Crippen LogP contribution in [0.3, 0.4) is 0 Å². The van der Waals surface area contributed by atoms with Crippen LogP contribution in [-0.2, 0) is 9.59 Å². The Morgan fingerprint density at radius 1 is 1.38 bits per heavy atom. The summed E-state index contributed by atoms with van der Waals surface area (Å²) in [6.45, 7) is 2.28. The fourth-order valence-electron chi connectivity index (χ4n) is 1.43. The molecule has 0 atom stereocenters. The number of halogens is 1. The average molecular weight is 314 g/mol. The quantitative estimate of drug-likeness (QED) is 0.481. The van der Waals surface area contributed by atoms with E-state index in [1.165, 1.54) is 20.4 Å². The summed E-state index contributed by atoms with van der Waals surface area (Å²) >= 11 is 6.09. The van der Waals surface area contributed by atoms with E-state index in [0.717, 1.165) is 0 Å². The monoisotopic (exact) mass is 313 g/mol. The van der Waals surface area contributed by atoms with Crippen molar-refractivity contribution in [2.24, 2.45) is 5.10 Å². The van der Waals surface area contributed by atoms with Crippen LogP contribution >= 0.6 is 11.6 Å². The second-order valence-corrected chi connectivity index (χ2v) is 4.15. The van der Waals surface area contributed by atoms with Gasteiger partial charge in [0.1, 0.15) is 0 Å². The maximum absolute atomic E-state index is 11.2. The number of hydrogen-bond acceptors (Lipinski definition) is 5. The molecule has 114 valence electrons. The van der Waals surface area contributed by atoms with Crippen molar-refractivity contribution < 1.29 is 19.1 Å². The third kappa shape index (κ3) is 4.64. The van der Waals surface area contributed by atoms with Gasteiger partial charge in [-0.05, 0) is 24.6 Å². The van der Waals surface area contributed by atoms with Gasteiger partial charge < -0.3 is 14.8 Å². The van der Waals surface area contributed by atoms with Crippen molar-refractivity contribution in [2.75, 3.05) is 20.8 Å². The maximum atomic E-state index is 11.2. The summed E-state index contributed by atoms with van der Waals surface area (Å²) in [7, 11) is 2.84. The summed E-state index contributed by atoms with van der Waals surface area (Å²) in [4.78, 5) is 22.2. The maximum Gasteiger partial charge on any atom is 0.329 e. The van der Waals surface area contributed by atoms with Gasteiger partial charge in [0.2, 0.25) is 0 Å². The highest BCUT2D eigenvalue weighted by Gasteiger charge is 2.11. The molecule has 0 aliphatic carbocycles. The zero-order chi connectivity index (χ0) is 15.8. The summed E-state index contributed by atoms with van der Waals surface area (Å²) in [5.74, 6) is -0.760. The number of carbonyl (C=O) groups excluding carboxylic acids is 2. The molecular weight excluding hydrogens is 298 g/mol. The second kappa shape index (κ2) is 8.11. The van der Waals surface area contributed by atoms with Gasteiger partial charge in [-0.2, -0.15) is 5.10 Å². The molecule has 7 nitrogen and oxygen atoms in total. The summed E-state index contributed by atoms with van der Waals surface area (Å²) < 4.78 is 10.6. The van der Waals surface area contributed by atoms with Gasteiger partial charge >= 0.3 is 11.8 Å². The zero-order valence-electron chi connectivity index (χ0n) is 11.9. The highest BCUT2D eigenvalue weighted by atomic mass is 35.5. The third-order valence-electron chi connectivity index (χ3n) is 2.35. The Morgan fingerprint density at radius 3 is 2.67 bits per heavy atom. The van der Waals surface area contributed by atoms with Crippen molar-refractivity contribution in [1.29, 1.82) is 0 Å². The largest absolute Gasteiger partial charge is 0.493 e. The minimum Gasteiger partial charge on any atom is -0.493 e. The van der Waals surface area contributed by atoms with E-state index in [0.29, 0.717) is 28.7 Å². The molecule has 1 aromatic carbocycles. The lowest BCUT2D eigenvalue weighted by molar-refractivity contribution is -0.138. The molecule has 0 unspecified atom stereocenters. The fourth-order valence-corrected chi connectivity index (χ4v) is 1.70. The van der Waals surface area contributed by atoms with Crippen molar-refractivity contribution in [2.45, 2.75) is 6.92 Å². The number of likely N-dealkylation sites (N-methyl/N-ethyl adjacent to an activating group) is 1. The number of nitrogens with one attached hydrogen (secondary N) is 2. The predicted octanol–water partition coefficient (Wildman–Crippen LogP) is 0.943. The topological polar surface area (TPSA) is 89.0 Å². The molecule has 0 radical (unpaired) electrons. The normalized spacial score (nSPS) is 10.3. The number of amides is 2. The van der Waals surface area contributed by atoms with Gasteiger partial charge in [0.25, 0.3) is 0 Å². The zero-order valence-corrected chi connectivity index (χ0v) is 12.7. The number of benzene rings is 1. The number of carbonyl (C=O) groups is 2. The van der Waals surface area contributed by atoms with E-state index in [2.05, 4.69) is 15.8 Å². The van der Waals surface area contributed by atoms with Crippen molar-refractivity contribution in [3.05, 3.63) is 22.7 Å². The van der Waals surface area contributed by atoms with Crippen LogP contribution in [0.15, 0.2) is 17.2 Å². The van der Waals surface area contributed by atoms with Crippen LogP contribution < -0.4 is 20.2 Å². The van der Waals surface area contributed by atoms with Gasteiger partial charge in [-0.1, -0.05) is 11.6 Å². The van der Waals surface area contributed by atoms with Gasteiger partial charge in [-0.15, -0.1) is 0 Å². The van der Waals surface area contributed by atoms with Crippen molar-refractivity contribution >= 4 is 29.6 Å². The highest BCUT2D eigenvalue weighted by molar-refractivity contribution is 6.35. The Balaban J connectivity index is 2.87. The van der Waals surface area contributed by atoms with Gasteiger partial charge in [-0.3, -0.25) is 9.59 Å². The highest BCUT2D eigenvalue weighted by Crippen LogP contribution is 2.35. The second-order valence-electron chi connectivity index (χ2n) is 3.75. The number of hydrogen-bond donors (Lipinski definition) is 2. The smallest absolute Gasteiger partial charge is 0.329 e. The fraction of sp³-hybridized carbons (Fsp3) is 0.308. The predicted molar refractivity (Wildman–Crippen MR) is 79.0 cm³/mol. The summed E-state index contributed by atoms with van der Waals surface area (Å²) in [5.41, 5.74) is 2.66. The minimum atomic E-state index is -0.863. The number of nitrogens with zero attached hydrogens (tertiary/aromatic N) is 1. The van der Waals surface area contributed by atoms with E-state index in [-0.39, 0.29) is 0 Å². The standard InChI is InChI=1S/C13H16ClN3O4/c1-4-21-11-9(14)5-8(6-10(11)20-3)7-16-17-13(19)12(18)15-2/h5-7H,4H2,1-3H3,(H,15,18)(H,17,19)/b16-7-. The van der Waals surface area contributed by atoms with Gasteiger partial charge in [0, 0.05) is 7.05 Å². The van der Waals surface area contributed by atoms with E-state index >= 15 is 0 Å². The van der Waals surface area contributed by atoms with E-state index in [4.69, 9.17) is 21.1 Å². The van der Waals surface area contributed by atoms with Crippen LogP contribution in [0.1, 0.15) is 12.5 Å². The molecule has 2 amide bonds. The Kier molecular flexibility index (Phi) is 6.48.